The van der Waals surface area contributed by atoms with Gasteiger partial charge in [0.25, 0.3) is 5.91 Å². The standard InChI is InChI=1S/C31H34BrN5O5/c32-23-5-1-2-6-26(23)35-14-16-36(17-15-35)27-11-10-22(31(40)41-18-4-13-37-12-3-7-28(37)38)19-24(27)33-29(39)25-20-42-30(34-25)21-8-9-21/h1-2,5-6,10-11,19-21H,3-4,7-9,12-18H2,(H,33,39). The minimum atomic E-state index is -0.471. The molecule has 2 aliphatic heterocycles. The number of amides is 2. The minimum absolute atomic E-state index is 0.158. The van der Waals surface area contributed by atoms with Crippen LogP contribution in [-0.2, 0) is 9.53 Å². The van der Waals surface area contributed by atoms with E-state index >= 15 is 0 Å². The number of aromatic nitrogens is 1. The Balaban J connectivity index is 1.15. The van der Waals surface area contributed by atoms with Crippen molar-refractivity contribution < 1.29 is 23.5 Å². The Morgan fingerprint density at radius 2 is 1.79 bits per heavy atom. The van der Waals surface area contributed by atoms with Crippen molar-refractivity contribution in [1.82, 2.24) is 9.88 Å². The summed E-state index contributed by atoms with van der Waals surface area (Å²) in [6, 6.07) is 13.4. The van der Waals surface area contributed by atoms with E-state index in [1.165, 1.54) is 6.26 Å². The summed E-state index contributed by atoms with van der Waals surface area (Å²) in [7, 11) is 0. The molecule has 10 nitrogen and oxygen atoms in total. The van der Waals surface area contributed by atoms with Gasteiger partial charge in [0.15, 0.2) is 11.6 Å². The van der Waals surface area contributed by atoms with E-state index in [9.17, 15) is 14.4 Å². The molecule has 0 bridgehead atoms. The molecule has 3 aliphatic rings. The lowest BCUT2D eigenvalue weighted by Gasteiger charge is -2.38. The van der Waals surface area contributed by atoms with Crippen molar-refractivity contribution in [1.29, 1.82) is 0 Å². The number of benzene rings is 2. The van der Waals surface area contributed by atoms with Gasteiger partial charge in [0.1, 0.15) is 6.26 Å². The van der Waals surface area contributed by atoms with Gasteiger partial charge < -0.3 is 29.2 Å². The van der Waals surface area contributed by atoms with E-state index in [-0.39, 0.29) is 24.1 Å². The molecule has 3 heterocycles. The van der Waals surface area contributed by atoms with Crippen molar-refractivity contribution in [3.8, 4) is 0 Å². The first kappa shape index (κ1) is 28.3. The van der Waals surface area contributed by atoms with Crippen LogP contribution in [-0.4, -0.2) is 73.5 Å². The molecule has 3 aromatic rings. The van der Waals surface area contributed by atoms with Crippen LogP contribution in [0.15, 0.2) is 57.6 Å². The third kappa shape index (κ3) is 6.46. The Morgan fingerprint density at radius 1 is 1.02 bits per heavy atom. The Kier molecular flexibility index (Phi) is 8.46. The largest absolute Gasteiger partial charge is 0.462 e. The maximum Gasteiger partial charge on any atom is 0.338 e. The highest BCUT2D eigenvalue weighted by atomic mass is 79.9. The van der Waals surface area contributed by atoms with Crippen molar-refractivity contribution in [2.24, 2.45) is 0 Å². The average molecular weight is 637 g/mol. The number of rotatable bonds is 10. The topological polar surface area (TPSA) is 108 Å². The summed E-state index contributed by atoms with van der Waals surface area (Å²) in [4.78, 5) is 48.7. The van der Waals surface area contributed by atoms with Crippen LogP contribution < -0.4 is 15.1 Å². The molecule has 1 N–H and O–H groups in total. The highest BCUT2D eigenvalue weighted by molar-refractivity contribution is 9.10. The summed E-state index contributed by atoms with van der Waals surface area (Å²) < 4.78 is 12.1. The quantitative estimate of drug-likeness (QED) is 0.243. The minimum Gasteiger partial charge on any atom is -0.462 e. The predicted molar refractivity (Wildman–Crippen MR) is 162 cm³/mol. The number of ether oxygens (including phenoxy) is 1. The van der Waals surface area contributed by atoms with Crippen LogP contribution in [0.25, 0.3) is 0 Å². The van der Waals surface area contributed by atoms with Crippen LogP contribution in [0.5, 0.6) is 0 Å². The number of nitrogens with one attached hydrogen (secondary N) is 1. The Morgan fingerprint density at radius 3 is 2.50 bits per heavy atom. The molecule has 0 radical (unpaired) electrons. The molecule has 42 heavy (non-hydrogen) atoms. The fourth-order valence-electron chi connectivity index (χ4n) is 5.48. The second-order valence-corrected chi connectivity index (χ2v) is 11.8. The Bertz CT molecular complexity index is 1460. The van der Waals surface area contributed by atoms with Crippen LogP contribution in [0.2, 0.25) is 0 Å². The second-order valence-electron chi connectivity index (χ2n) is 10.9. The first-order valence-electron chi connectivity index (χ1n) is 14.6. The van der Waals surface area contributed by atoms with Crippen LogP contribution in [0.4, 0.5) is 17.1 Å². The van der Waals surface area contributed by atoms with Gasteiger partial charge in [0.2, 0.25) is 5.91 Å². The Labute approximate surface area is 253 Å². The number of likely N-dealkylation sites (tertiary alicyclic amines) is 1. The van der Waals surface area contributed by atoms with E-state index < -0.39 is 5.97 Å². The number of anilines is 3. The molecule has 0 unspecified atom stereocenters. The fourth-order valence-corrected chi connectivity index (χ4v) is 6.01. The summed E-state index contributed by atoms with van der Waals surface area (Å²) >= 11 is 3.65. The summed E-state index contributed by atoms with van der Waals surface area (Å²) in [6.45, 7) is 4.63. The molecule has 2 saturated heterocycles. The van der Waals surface area contributed by atoms with Gasteiger partial charge in [-0.25, -0.2) is 9.78 Å². The smallest absolute Gasteiger partial charge is 0.338 e. The number of carbonyl (C=O) groups is 3. The molecule has 11 heteroatoms. The van der Waals surface area contributed by atoms with Gasteiger partial charge in [-0.05, 0) is 71.9 Å². The van der Waals surface area contributed by atoms with Crippen molar-refractivity contribution in [3.63, 3.8) is 0 Å². The lowest BCUT2D eigenvalue weighted by Crippen LogP contribution is -2.47. The van der Waals surface area contributed by atoms with Gasteiger partial charge >= 0.3 is 5.97 Å². The number of piperazine rings is 1. The maximum absolute atomic E-state index is 13.2. The second kappa shape index (κ2) is 12.6. The molecule has 0 spiro atoms. The number of hydrogen-bond acceptors (Lipinski definition) is 8. The molecule has 1 saturated carbocycles. The van der Waals surface area contributed by atoms with Crippen molar-refractivity contribution in [3.05, 3.63) is 70.3 Å². The maximum atomic E-state index is 13.2. The van der Waals surface area contributed by atoms with Gasteiger partial charge in [-0.3, -0.25) is 9.59 Å². The molecular formula is C31H34BrN5O5. The molecule has 3 fully saturated rings. The lowest BCUT2D eigenvalue weighted by atomic mass is 10.1. The molecule has 2 aromatic carbocycles. The number of esters is 1. The normalized spacial score (nSPS) is 17.1. The number of halogens is 1. The molecule has 0 atom stereocenters. The number of carbonyl (C=O) groups excluding carboxylic acids is 3. The van der Waals surface area contributed by atoms with Gasteiger partial charge in [-0.1, -0.05) is 12.1 Å². The zero-order valence-electron chi connectivity index (χ0n) is 23.4. The van der Waals surface area contributed by atoms with Crippen molar-refractivity contribution in [2.75, 3.05) is 61.0 Å². The van der Waals surface area contributed by atoms with E-state index in [2.05, 4.69) is 42.1 Å². The first-order chi connectivity index (χ1) is 20.5. The highest BCUT2D eigenvalue weighted by Crippen LogP contribution is 2.39. The predicted octanol–water partition coefficient (Wildman–Crippen LogP) is 5.06. The van der Waals surface area contributed by atoms with E-state index in [1.807, 2.05) is 29.2 Å². The third-order valence-corrected chi connectivity index (χ3v) is 8.62. The summed E-state index contributed by atoms with van der Waals surface area (Å²) in [5.74, 6) is 0.188. The molecule has 1 aromatic heterocycles. The van der Waals surface area contributed by atoms with Crippen molar-refractivity contribution >= 4 is 50.8 Å². The van der Waals surface area contributed by atoms with E-state index in [4.69, 9.17) is 9.15 Å². The number of hydrogen-bond donors (Lipinski definition) is 1. The van der Waals surface area contributed by atoms with Crippen LogP contribution >= 0.6 is 15.9 Å². The first-order valence-corrected chi connectivity index (χ1v) is 15.4. The molecule has 220 valence electrons. The molecule has 2 amide bonds. The lowest BCUT2D eigenvalue weighted by molar-refractivity contribution is -0.127. The fraction of sp³-hybridized carbons (Fsp3) is 0.419. The van der Waals surface area contributed by atoms with Crippen molar-refractivity contribution in [2.45, 2.75) is 38.0 Å². The summed E-state index contributed by atoms with van der Waals surface area (Å²) in [5.41, 5.74) is 3.05. The summed E-state index contributed by atoms with van der Waals surface area (Å²) in [5, 5.41) is 2.98. The SMILES string of the molecule is O=C(OCCCN1CCCC1=O)c1ccc(N2CCN(c3ccccc3Br)CC2)c(NC(=O)c2coc(C3CC3)n2)c1. The van der Waals surface area contributed by atoms with Crippen LogP contribution in [0.3, 0.4) is 0 Å². The van der Waals surface area contributed by atoms with Gasteiger partial charge in [-0.15, -0.1) is 0 Å². The molecule has 1 aliphatic carbocycles. The third-order valence-electron chi connectivity index (χ3n) is 7.95. The highest BCUT2D eigenvalue weighted by Gasteiger charge is 2.30. The molecular weight excluding hydrogens is 602 g/mol. The average Bonchev–Trinajstić information content (AvgIpc) is 3.59. The zero-order chi connectivity index (χ0) is 29.1. The van der Waals surface area contributed by atoms with E-state index in [1.54, 1.807) is 12.1 Å². The van der Waals surface area contributed by atoms with Gasteiger partial charge in [0, 0.05) is 56.1 Å². The van der Waals surface area contributed by atoms with Gasteiger partial charge in [-0.2, -0.15) is 0 Å². The van der Waals surface area contributed by atoms with Crippen LogP contribution in [0.1, 0.15) is 64.8 Å². The zero-order valence-corrected chi connectivity index (χ0v) is 25.0. The van der Waals surface area contributed by atoms with Crippen LogP contribution in [0, 0.1) is 0 Å². The Hall–Kier alpha value is -3.86. The number of nitrogens with zero attached hydrogens (tertiary/aromatic N) is 4. The monoisotopic (exact) mass is 635 g/mol. The summed E-state index contributed by atoms with van der Waals surface area (Å²) in [6.07, 6.45) is 5.49. The van der Waals surface area contributed by atoms with E-state index in [0.717, 1.165) is 67.8 Å². The number of para-hydroxylation sites is 1. The van der Waals surface area contributed by atoms with Gasteiger partial charge in [0.05, 0.1) is 29.2 Å². The number of oxazole rings is 1. The van der Waals surface area contributed by atoms with E-state index in [0.29, 0.717) is 42.4 Å². The molecule has 6 rings (SSSR count).